The van der Waals surface area contributed by atoms with E-state index in [0.29, 0.717) is 29.9 Å². The average Bonchev–Trinajstić information content (AvgIpc) is 3.59. The monoisotopic (exact) mass is 551 g/mol. The summed E-state index contributed by atoms with van der Waals surface area (Å²) in [6.07, 6.45) is 6.46. The van der Waals surface area contributed by atoms with Crippen LogP contribution in [0.15, 0.2) is 41.5 Å². The number of methoxy groups -OCH3 is 1. The van der Waals surface area contributed by atoms with Crippen LogP contribution in [-0.4, -0.2) is 67.6 Å². The molecule has 0 radical (unpaired) electrons. The Morgan fingerprint density at radius 2 is 1.90 bits per heavy atom. The normalized spacial score (nSPS) is 14.6. The summed E-state index contributed by atoms with van der Waals surface area (Å²) >= 11 is 1.49. The van der Waals surface area contributed by atoms with Crippen LogP contribution in [0, 0.1) is 6.92 Å². The number of aromatic nitrogens is 3. The maximum Gasteiger partial charge on any atom is 0.337 e. The van der Waals surface area contributed by atoms with E-state index in [1.54, 1.807) is 24.4 Å². The Hall–Kier alpha value is -3.83. The average molecular weight is 552 g/mol. The number of hydrogen-bond acceptors (Lipinski definition) is 8. The van der Waals surface area contributed by atoms with Gasteiger partial charge in [-0.3, -0.25) is 14.6 Å². The number of aliphatic hydroxyl groups is 1. The molecule has 1 N–H and O–H groups in total. The molecule has 11 heteroatoms. The van der Waals surface area contributed by atoms with E-state index in [2.05, 4.69) is 16.9 Å². The highest BCUT2D eigenvalue weighted by Crippen LogP contribution is 2.27. The lowest BCUT2D eigenvalue weighted by Gasteiger charge is -2.16. The highest BCUT2D eigenvalue weighted by atomic mass is 32.1. The molecule has 1 saturated heterocycles. The van der Waals surface area contributed by atoms with Crippen molar-refractivity contribution in [2.24, 2.45) is 0 Å². The minimum absolute atomic E-state index is 0.121. The number of hydrogen-bond donors (Lipinski definition) is 1. The maximum atomic E-state index is 13.4. The van der Waals surface area contributed by atoms with Gasteiger partial charge in [0, 0.05) is 31.5 Å². The van der Waals surface area contributed by atoms with Gasteiger partial charge in [0.05, 0.1) is 41.8 Å². The quantitative estimate of drug-likeness (QED) is 0.205. The fourth-order valence-corrected chi connectivity index (χ4v) is 5.00. The number of esters is 1. The van der Waals surface area contributed by atoms with Crippen molar-refractivity contribution in [3.8, 4) is 0 Å². The van der Waals surface area contributed by atoms with E-state index in [9.17, 15) is 19.5 Å². The predicted molar refractivity (Wildman–Crippen MR) is 147 cm³/mol. The molecular formula is C28H33N5O5S. The first-order chi connectivity index (χ1) is 18.9. The van der Waals surface area contributed by atoms with Crippen molar-refractivity contribution < 1.29 is 24.2 Å². The summed E-state index contributed by atoms with van der Waals surface area (Å²) in [5, 5.41) is 12.1. The summed E-state index contributed by atoms with van der Waals surface area (Å²) in [6, 6.07) is 6.74. The van der Waals surface area contributed by atoms with Crippen molar-refractivity contribution in [1.82, 2.24) is 24.3 Å². The van der Waals surface area contributed by atoms with E-state index >= 15 is 0 Å². The van der Waals surface area contributed by atoms with Gasteiger partial charge in [0.25, 0.3) is 5.91 Å². The van der Waals surface area contributed by atoms with Crippen LogP contribution in [0.2, 0.25) is 0 Å². The third-order valence-electron chi connectivity index (χ3n) is 6.47. The van der Waals surface area contributed by atoms with Crippen LogP contribution in [0.5, 0.6) is 0 Å². The Morgan fingerprint density at radius 1 is 1.13 bits per heavy atom. The third-order valence-corrected chi connectivity index (χ3v) is 7.29. The van der Waals surface area contributed by atoms with Crippen molar-refractivity contribution >= 4 is 35.3 Å². The Bertz CT molecular complexity index is 1360. The number of thiazole rings is 1. The smallest absolute Gasteiger partial charge is 0.337 e. The number of benzene rings is 1. The SMILES string of the molecule is CCCCc1ncc(/C=C2/C(=O)N(CCCO)C(=O)N2Cc2csc(C)n2)n1Cc1ccc(C(=O)OC)cc1. The molecule has 3 amide bonds. The summed E-state index contributed by atoms with van der Waals surface area (Å²) in [5.41, 5.74) is 3.06. The fraction of sp³-hybridized carbons (Fsp3) is 0.393. The van der Waals surface area contributed by atoms with Crippen LogP contribution in [0.4, 0.5) is 4.79 Å². The number of urea groups is 1. The molecule has 1 fully saturated rings. The van der Waals surface area contributed by atoms with Gasteiger partial charge in [0.2, 0.25) is 0 Å². The largest absolute Gasteiger partial charge is 0.465 e. The second-order valence-corrected chi connectivity index (χ2v) is 10.3. The molecule has 0 spiro atoms. The number of unbranched alkanes of at least 4 members (excludes halogenated alkanes) is 1. The second-order valence-electron chi connectivity index (χ2n) is 9.27. The highest BCUT2D eigenvalue weighted by molar-refractivity contribution is 7.09. The lowest BCUT2D eigenvalue weighted by molar-refractivity contribution is -0.123. The van der Waals surface area contributed by atoms with Gasteiger partial charge in [0.15, 0.2) is 0 Å². The minimum atomic E-state index is -0.430. The van der Waals surface area contributed by atoms with Gasteiger partial charge in [-0.2, -0.15) is 0 Å². The lowest BCUT2D eigenvalue weighted by atomic mass is 10.1. The van der Waals surface area contributed by atoms with Crippen LogP contribution in [-0.2, 0) is 29.0 Å². The first-order valence-corrected chi connectivity index (χ1v) is 13.8. The first kappa shape index (κ1) is 28.2. The molecule has 206 valence electrons. The zero-order chi connectivity index (χ0) is 27.9. The van der Waals surface area contributed by atoms with Gasteiger partial charge < -0.3 is 14.4 Å². The third kappa shape index (κ3) is 6.43. The molecule has 2 aromatic heterocycles. The van der Waals surface area contributed by atoms with E-state index in [1.807, 2.05) is 29.0 Å². The van der Waals surface area contributed by atoms with E-state index in [4.69, 9.17) is 4.74 Å². The lowest BCUT2D eigenvalue weighted by Crippen LogP contribution is -2.34. The van der Waals surface area contributed by atoms with E-state index in [-0.39, 0.29) is 25.4 Å². The number of rotatable bonds is 12. The predicted octanol–water partition coefficient (Wildman–Crippen LogP) is 4.01. The Morgan fingerprint density at radius 3 is 2.54 bits per heavy atom. The number of aryl methyl sites for hydroxylation is 2. The molecule has 0 unspecified atom stereocenters. The van der Waals surface area contributed by atoms with E-state index in [0.717, 1.165) is 35.7 Å². The zero-order valence-corrected chi connectivity index (χ0v) is 23.2. The van der Waals surface area contributed by atoms with Crippen molar-refractivity contribution in [2.45, 2.75) is 52.6 Å². The van der Waals surface area contributed by atoms with Crippen LogP contribution < -0.4 is 0 Å². The number of nitrogens with zero attached hydrogens (tertiary/aromatic N) is 5. The summed E-state index contributed by atoms with van der Waals surface area (Å²) < 4.78 is 6.83. The highest BCUT2D eigenvalue weighted by Gasteiger charge is 2.41. The summed E-state index contributed by atoms with van der Waals surface area (Å²) in [6.45, 7) is 4.66. The van der Waals surface area contributed by atoms with Crippen molar-refractivity contribution in [2.75, 3.05) is 20.3 Å². The van der Waals surface area contributed by atoms with E-state index < -0.39 is 17.9 Å². The van der Waals surface area contributed by atoms with Crippen LogP contribution in [0.25, 0.3) is 6.08 Å². The maximum absolute atomic E-state index is 13.4. The van der Waals surface area contributed by atoms with Gasteiger partial charge in [-0.05, 0) is 43.5 Å². The Labute approximate surface area is 231 Å². The number of ether oxygens (including phenoxy) is 1. The minimum Gasteiger partial charge on any atom is -0.465 e. The summed E-state index contributed by atoms with van der Waals surface area (Å²) in [5.74, 6) is 0.0609. The number of imide groups is 1. The number of carbonyl (C=O) groups is 3. The second kappa shape index (κ2) is 12.8. The van der Waals surface area contributed by atoms with Crippen molar-refractivity contribution in [3.05, 3.63) is 74.9 Å². The summed E-state index contributed by atoms with van der Waals surface area (Å²) in [7, 11) is 1.35. The molecule has 1 aliphatic rings. The van der Waals surface area contributed by atoms with Gasteiger partial charge in [-0.1, -0.05) is 25.5 Å². The molecular weight excluding hydrogens is 518 g/mol. The number of imidazole rings is 1. The van der Waals surface area contributed by atoms with Crippen LogP contribution in [0.1, 0.15) is 64.3 Å². The van der Waals surface area contributed by atoms with Crippen molar-refractivity contribution in [3.63, 3.8) is 0 Å². The van der Waals surface area contributed by atoms with E-state index in [1.165, 1.54) is 28.2 Å². The van der Waals surface area contributed by atoms with Gasteiger partial charge in [0.1, 0.15) is 11.5 Å². The fourth-order valence-electron chi connectivity index (χ4n) is 4.40. The number of carbonyl (C=O) groups excluding carboxylic acids is 3. The standard InChI is InChI=1S/C28H33N5O5S/c1-4-5-7-25-29-15-23(32(25)16-20-8-10-21(11-9-20)27(36)38-3)14-24-26(35)31(12-6-13-34)28(37)33(24)17-22-18-39-19(2)30-22/h8-11,14-15,18,34H,4-7,12-13,16-17H2,1-3H3/b24-14-. The molecule has 10 nitrogen and oxygen atoms in total. The van der Waals surface area contributed by atoms with Gasteiger partial charge in [-0.15, -0.1) is 11.3 Å². The number of aliphatic hydroxyl groups excluding tert-OH is 1. The van der Waals surface area contributed by atoms with Crippen LogP contribution in [0.3, 0.4) is 0 Å². The number of amides is 3. The van der Waals surface area contributed by atoms with Gasteiger partial charge >= 0.3 is 12.0 Å². The Kier molecular flexibility index (Phi) is 9.26. The zero-order valence-electron chi connectivity index (χ0n) is 22.4. The molecule has 3 heterocycles. The molecule has 0 bridgehead atoms. The molecule has 39 heavy (non-hydrogen) atoms. The molecule has 1 aromatic carbocycles. The molecule has 3 aromatic rings. The molecule has 0 atom stereocenters. The Balaban J connectivity index is 1.71. The molecule has 1 aliphatic heterocycles. The molecule has 0 saturated carbocycles. The summed E-state index contributed by atoms with van der Waals surface area (Å²) in [4.78, 5) is 50.3. The first-order valence-electron chi connectivity index (χ1n) is 12.9. The van der Waals surface area contributed by atoms with Gasteiger partial charge in [-0.25, -0.2) is 19.6 Å². The van der Waals surface area contributed by atoms with Crippen molar-refractivity contribution in [1.29, 1.82) is 0 Å². The molecule has 4 rings (SSSR count). The molecule has 0 aliphatic carbocycles. The topological polar surface area (TPSA) is 118 Å². The van der Waals surface area contributed by atoms with Crippen LogP contribution >= 0.6 is 11.3 Å².